The summed E-state index contributed by atoms with van der Waals surface area (Å²) in [6.45, 7) is -0.215. The van der Waals surface area contributed by atoms with Crippen molar-refractivity contribution in [2.24, 2.45) is 0 Å². The maximum absolute atomic E-state index is 12.0. The van der Waals surface area contributed by atoms with E-state index in [1.165, 1.54) is 10.9 Å². The number of aromatic amines is 1. The van der Waals surface area contributed by atoms with Crippen LogP contribution in [-0.4, -0.2) is 23.3 Å². The number of esters is 1. The molecule has 0 bridgehead atoms. The highest BCUT2D eigenvalue weighted by atomic mass is 79.9. The molecule has 128 valence electrons. The minimum atomic E-state index is -0.342. The fourth-order valence-electron chi connectivity index (χ4n) is 2.70. The Morgan fingerprint density at radius 3 is 2.60 bits per heavy atom. The van der Waals surface area contributed by atoms with Gasteiger partial charge in [0.25, 0.3) is 0 Å². The van der Waals surface area contributed by atoms with E-state index in [9.17, 15) is 9.59 Å². The van der Waals surface area contributed by atoms with Crippen molar-refractivity contribution in [1.82, 2.24) is 4.98 Å². The van der Waals surface area contributed by atoms with Crippen LogP contribution in [0.5, 0.6) is 0 Å². The molecule has 0 saturated heterocycles. The summed E-state index contributed by atoms with van der Waals surface area (Å²) in [5.74, 6) is -0.539. The van der Waals surface area contributed by atoms with Gasteiger partial charge in [0.15, 0.2) is 12.4 Å². The number of H-pyrrole nitrogens is 1. The van der Waals surface area contributed by atoms with Gasteiger partial charge in [-0.1, -0.05) is 46.3 Å². The molecule has 25 heavy (non-hydrogen) atoms. The first-order valence-corrected chi connectivity index (χ1v) is 8.92. The Kier molecular flexibility index (Phi) is 5.66. The molecule has 0 radical (unpaired) electrons. The van der Waals surface area contributed by atoms with E-state index < -0.39 is 0 Å². The quantitative estimate of drug-likeness (QED) is 0.463. The highest BCUT2D eigenvalue weighted by molar-refractivity contribution is 9.10. The lowest BCUT2D eigenvalue weighted by molar-refractivity contribution is -0.142. The number of halogens is 1. The number of rotatable bonds is 7. The van der Waals surface area contributed by atoms with Crippen LogP contribution in [0.1, 0.15) is 28.8 Å². The van der Waals surface area contributed by atoms with Gasteiger partial charge in [-0.15, -0.1) is 0 Å². The van der Waals surface area contributed by atoms with Gasteiger partial charge in [0.2, 0.25) is 0 Å². The predicted molar refractivity (Wildman–Crippen MR) is 101 cm³/mol. The summed E-state index contributed by atoms with van der Waals surface area (Å²) in [5.41, 5.74) is 2.82. The van der Waals surface area contributed by atoms with Gasteiger partial charge >= 0.3 is 5.97 Å². The first-order chi connectivity index (χ1) is 12.1. The second-order valence-electron chi connectivity index (χ2n) is 5.80. The fourth-order valence-corrected chi connectivity index (χ4v) is 2.96. The molecule has 0 unspecified atom stereocenters. The highest BCUT2D eigenvalue weighted by Gasteiger charge is 2.10. The van der Waals surface area contributed by atoms with Crippen molar-refractivity contribution in [2.45, 2.75) is 19.3 Å². The van der Waals surface area contributed by atoms with E-state index in [1.807, 2.05) is 24.4 Å². The molecule has 0 amide bonds. The van der Waals surface area contributed by atoms with Crippen LogP contribution in [0.3, 0.4) is 0 Å². The zero-order valence-corrected chi connectivity index (χ0v) is 15.2. The number of benzene rings is 2. The number of Topliss-reactive ketones (excluding diaryl/α,β-unsaturated/α-hetero) is 1. The van der Waals surface area contributed by atoms with Gasteiger partial charge in [0.05, 0.1) is 0 Å². The number of aromatic nitrogens is 1. The molecule has 0 fully saturated rings. The number of carbonyl (C=O) groups excluding carboxylic acids is 2. The number of ether oxygens (including phenoxy) is 1. The van der Waals surface area contributed by atoms with Crippen LogP contribution in [0.25, 0.3) is 10.9 Å². The third kappa shape index (κ3) is 4.57. The van der Waals surface area contributed by atoms with Crippen molar-refractivity contribution in [3.8, 4) is 0 Å². The lowest BCUT2D eigenvalue weighted by atomic mass is 10.1. The molecule has 0 aliphatic carbocycles. The van der Waals surface area contributed by atoms with E-state index in [0.717, 1.165) is 16.4 Å². The molecule has 1 heterocycles. The summed E-state index contributed by atoms with van der Waals surface area (Å²) in [4.78, 5) is 27.0. The molecular weight excluding hydrogens is 382 g/mol. The van der Waals surface area contributed by atoms with Crippen LogP contribution in [0.2, 0.25) is 0 Å². The molecule has 0 aliphatic heterocycles. The number of hydrogen-bond donors (Lipinski definition) is 1. The number of nitrogens with one attached hydrogen (secondary N) is 1. The van der Waals surface area contributed by atoms with Crippen molar-refractivity contribution < 1.29 is 14.3 Å². The molecule has 0 aliphatic rings. The van der Waals surface area contributed by atoms with E-state index in [1.54, 1.807) is 24.3 Å². The molecule has 4 nitrogen and oxygen atoms in total. The van der Waals surface area contributed by atoms with E-state index >= 15 is 0 Å². The lowest BCUT2D eigenvalue weighted by Gasteiger charge is -2.05. The summed E-state index contributed by atoms with van der Waals surface area (Å²) in [5, 5.41) is 1.18. The average Bonchev–Trinajstić information content (AvgIpc) is 3.04. The second kappa shape index (κ2) is 8.12. The van der Waals surface area contributed by atoms with E-state index in [4.69, 9.17) is 4.74 Å². The van der Waals surface area contributed by atoms with Gasteiger partial charge in [-0.25, -0.2) is 0 Å². The van der Waals surface area contributed by atoms with Gasteiger partial charge < -0.3 is 9.72 Å². The Bertz CT molecular complexity index is 883. The minimum absolute atomic E-state index is 0.197. The summed E-state index contributed by atoms with van der Waals surface area (Å²) in [6.07, 6.45) is 3.76. The minimum Gasteiger partial charge on any atom is -0.457 e. The molecule has 3 rings (SSSR count). The smallest absolute Gasteiger partial charge is 0.306 e. The zero-order chi connectivity index (χ0) is 17.6. The first kappa shape index (κ1) is 17.4. The van der Waals surface area contributed by atoms with Gasteiger partial charge in [0.1, 0.15) is 0 Å². The highest BCUT2D eigenvalue weighted by Crippen LogP contribution is 2.19. The first-order valence-electron chi connectivity index (χ1n) is 8.13. The normalized spacial score (nSPS) is 10.8. The van der Waals surface area contributed by atoms with Crippen LogP contribution in [0.4, 0.5) is 0 Å². The average molecular weight is 400 g/mol. The van der Waals surface area contributed by atoms with Crippen LogP contribution in [0, 0.1) is 0 Å². The largest absolute Gasteiger partial charge is 0.457 e. The van der Waals surface area contributed by atoms with Crippen LogP contribution >= 0.6 is 15.9 Å². The SMILES string of the molecule is O=C(CCCc1c[nH]c2ccccc12)OCC(=O)c1ccc(Br)cc1. The van der Waals surface area contributed by atoms with Crippen LogP contribution in [0.15, 0.2) is 59.2 Å². The molecule has 5 heteroatoms. The molecule has 1 aromatic heterocycles. The number of ketones is 1. The standard InChI is InChI=1S/C20H18BrNO3/c21-16-10-8-14(9-11-16)19(23)13-25-20(24)7-3-4-15-12-22-18-6-2-1-5-17(15)18/h1-2,5-6,8-12,22H,3-4,7,13H2. The summed E-state index contributed by atoms with van der Waals surface area (Å²) >= 11 is 3.32. The number of fused-ring (bicyclic) bond motifs is 1. The summed E-state index contributed by atoms with van der Waals surface area (Å²) in [7, 11) is 0. The topological polar surface area (TPSA) is 59.2 Å². The van der Waals surface area contributed by atoms with Gasteiger partial charge in [-0.05, 0) is 36.6 Å². The van der Waals surface area contributed by atoms with Gasteiger partial charge in [-0.2, -0.15) is 0 Å². The van der Waals surface area contributed by atoms with Crippen molar-refractivity contribution in [3.05, 3.63) is 70.3 Å². The van der Waals surface area contributed by atoms with E-state index in [0.29, 0.717) is 18.4 Å². The Morgan fingerprint density at radius 1 is 1.04 bits per heavy atom. The fraction of sp³-hybridized carbons (Fsp3) is 0.200. The van der Waals surface area contributed by atoms with Crippen LogP contribution < -0.4 is 0 Å². The number of aryl methyl sites for hydroxylation is 1. The van der Waals surface area contributed by atoms with E-state index in [2.05, 4.69) is 27.0 Å². The molecular formula is C20H18BrNO3. The molecule has 0 atom stereocenters. The van der Waals surface area contributed by atoms with E-state index in [-0.39, 0.29) is 18.4 Å². The predicted octanol–water partition coefficient (Wildman–Crippen LogP) is 4.68. The molecule has 1 N–H and O–H groups in total. The lowest BCUT2D eigenvalue weighted by Crippen LogP contribution is -2.14. The van der Waals surface area contributed by atoms with Gasteiger partial charge in [0, 0.05) is 33.6 Å². The monoisotopic (exact) mass is 399 g/mol. The zero-order valence-electron chi connectivity index (χ0n) is 13.6. The maximum Gasteiger partial charge on any atom is 0.306 e. The summed E-state index contributed by atoms with van der Waals surface area (Å²) < 4.78 is 5.99. The summed E-state index contributed by atoms with van der Waals surface area (Å²) in [6, 6.07) is 15.1. The molecule has 0 spiro atoms. The van der Waals surface area contributed by atoms with Crippen molar-refractivity contribution in [3.63, 3.8) is 0 Å². The molecule has 0 saturated carbocycles. The van der Waals surface area contributed by atoms with Gasteiger partial charge in [-0.3, -0.25) is 9.59 Å². The maximum atomic E-state index is 12.0. The van der Waals surface area contributed by atoms with Crippen molar-refractivity contribution >= 4 is 38.6 Å². The third-order valence-corrected chi connectivity index (χ3v) is 4.56. The number of carbonyl (C=O) groups is 2. The van der Waals surface area contributed by atoms with Crippen molar-refractivity contribution in [1.29, 1.82) is 0 Å². The van der Waals surface area contributed by atoms with Crippen molar-refractivity contribution in [2.75, 3.05) is 6.61 Å². The Hall–Kier alpha value is -2.40. The molecule has 3 aromatic rings. The second-order valence-corrected chi connectivity index (χ2v) is 6.72. The molecule has 2 aromatic carbocycles. The Labute approximate surface area is 154 Å². The van der Waals surface area contributed by atoms with Crippen LogP contribution in [-0.2, 0) is 16.0 Å². The Balaban J connectivity index is 1.44. The Morgan fingerprint density at radius 2 is 1.80 bits per heavy atom. The number of para-hydroxylation sites is 1. The third-order valence-electron chi connectivity index (χ3n) is 4.03. The number of hydrogen-bond acceptors (Lipinski definition) is 3.